The Bertz CT molecular complexity index is 299. The summed E-state index contributed by atoms with van der Waals surface area (Å²) in [7, 11) is 3.11. The van der Waals surface area contributed by atoms with E-state index in [4.69, 9.17) is 9.47 Å². The first kappa shape index (κ1) is 10.8. The summed E-state index contributed by atoms with van der Waals surface area (Å²) in [6.45, 7) is 3.21. The van der Waals surface area contributed by atoms with Crippen LogP contribution in [-0.2, 0) is 0 Å². The van der Waals surface area contributed by atoms with Gasteiger partial charge in [0.15, 0.2) is 11.5 Å². The SMILES string of the molecule is [CH2]C(CF)c1ccc(OC)c(OC)c1. The number of methoxy groups -OCH3 is 2. The van der Waals surface area contributed by atoms with Crippen molar-refractivity contribution >= 4 is 0 Å². The second-order valence-corrected chi connectivity index (χ2v) is 2.97. The molecule has 0 saturated carbocycles. The van der Waals surface area contributed by atoms with Gasteiger partial charge in [-0.3, -0.25) is 4.39 Å². The number of ether oxygens (including phenoxy) is 2. The predicted octanol–water partition coefficient (Wildman–Crippen LogP) is 2.59. The Balaban J connectivity index is 3.01. The summed E-state index contributed by atoms with van der Waals surface area (Å²) in [5.41, 5.74) is 0.810. The molecule has 0 N–H and O–H groups in total. The molecule has 2 nitrogen and oxygen atoms in total. The van der Waals surface area contributed by atoms with Crippen LogP contribution in [0.25, 0.3) is 0 Å². The van der Waals surface area contributed by atoms with Crippen molar-refractivity contribution in [2.24, 2.45) is 0 Å². The fourth-order valence-electron chi connectivity index (χ4n) is 1.20. The van der Waals surface area contributed by atoms with E-state index in [0.29, 0.717) is 11.5 Å². The molecule has 1 atom stereocenters. The maximum absolute atomic E-state index is 12.4. The number of halogens is 1. The Kier molecular flexibility index (Phi) is 3.74. The van der Waals surface area contributed by atoms with Crippen molar-refractivity contribution < 1.29 is 13.9 Å². The molecule has 0 aliphatic rings. The molecule has 1 radical (unpaired) electrons. The number of hydrogen-bond donors (Lipinski definition) is 0. The van der Waals surface area contributed by atoms with Gasteiger partial charge in [0.2, 0.25) is 0 Å². The predicted molar refractivity (Wildman–Crippen MR) is 53.6 cm³/mol. The van der Waals surface area contributed by atoms with Gasteiger partial charge < -0.3 is 9.47 Å². The molecule has 14 heavy (non-hydrogen) atoms. The molecular weight excluding hydrogens is 183 g/mol. The van der Waals surface area contributed by atoms with E-state index in [1.54, 1.807) is 32.4 Å². The normalized spacial score (nSPS) is 12.3. The van der Waals surface area contributed by atoms with Gasteiger partial charge in [-0.15, -0.1) is 0 Å². The first-order valence-corrected chi connectivity index (χ1v) is 4.34. The largest absolute Gasteiger partial charge is 0.493 e. The highest BCUT2D eigenvalue weighted by Gasteiger charge is 2.09. The highest BCUT2D eigenvalue weighted by molar-refractivity contribution is 5.44. The van der Waals surface area contributed by atoms with Gasteiger partial charge in [-0.25, -0.2) is 0 Å². The summed E-state index contributed by atoms with van der Waals surface area (Å²) < 4.78 is 22.5. The maximum atomic E-state index is 12.4. The van der Waals surface area contributed by atoms with E-state index in [0.717, 1.165) is 5.56 Å². The van der Waals surface area contributed by atoms with E-state index in [1.807, 2.05) is 0 Å². The minimum atomic E-state index is -0.477. The van der Waals surface area contributed by atoms with E-state index >= 15 is 0 Å². The molecule has 1 aromatic rings. The molecule has 0 amide bonds. The van der Waals surface area contributed by atoms with Crippen molar-refractivity contribution in [1.82, 2.24) is 0 Å². The standard InChI is InChI=1S/C11H14FO2/c1-8(7-12)9-4-5-10(13-2)11(6-9)14-3/h4-6,8H,1,7H2,2-3H3. The van der Waals surface area contributed by atoms with Crippen LogP contribution >= 0.6 is 0 Å². The van der Waals surface area contributed by atoms with E-state index < -0.39 is 6.67 Å². The Morgan fingerprint density at radius 3 is 2.43 bits per heavy atom. The molecule has 0 fully saturated rings. The fraction of sp³-hybridized carbons (Fsp3) is 0.364. The summed E-state index contributed by atoms with van der Waals surface area (Å²) in [4.78, 5) is 0. The van der Waals surface area contributed by atoms with Crippen LogP contribution in [0.4, 0.5) is 4.39 Å². The molecule has 0 bridgehead atoms. The molecule has 3 heteroatoms. The lowest BCUT2D eigenvalue weighted by molar-refractivity contribution is 0.354. The second kappa shape index (κ2) is 4.84. The molecule has 1 rings (SSSR count). The highest BCUT2D eigenvalue weighted by atomic mass is 19.1. The Morgan fingerprint density at radius 2 is 1.93 bits per heavy atom. The van der Waals surface area contributed by atoms with Crippen molar-refractivity contribution in [1.29, 1.82) is 0 Å². The minimum absolute atomic E-state index is 0.352. The lowest BCUT2D eigenvalue weighted by atomic mass is 10.0. The van der Waals surface area contributed by atoms with Crippen LogP contribution in [0.2, 0.25) is 0 Å². The first-order valence-electron chi connectivity index (χ1n) is 4.34. The molecule has 1 unspecified atom stereocenters. The third-order valence-corrected chi connectivity index (χ3v) is 2.07. The monoisotopic (exact) mass is 197 g/mol. The van der Waals surface area contributed by atoms with Gasteiger partial charge in [0.1, 0.15) is 0 Å². The van der Waals surface area contributed by atoms with Gasteiger partial charge in [-0.2, -0.15) is 0 Å². The average Bonchev–Trinajstić information content (AvgIpc) is 2.26. The number of benzene rings is 1. The van der Waals surface area contributed by atoms with E-state index in [9.17, 15) is 4.39 Å². The number of rotatable bonds is 4. The summed E-state index contributed by atoms with van der Waals surface area (Å²) in [5, 5.41) is 0. The molecule has 0 spiro atoms. The van der Waals surface area contributed by atoms with Crippen molar-refractivity contribution in [3.8, 4) is 11.5 Å². The van der Waals surface area contributed by atoms with Gasteiger partial charge in [0.25, 0.3) is 0 Å². The van der Waals surface area contributed by atoms with E-state index in [1.165, 1.54) is 0 Å². The molecule has 0 aliphatic carbocycles. The quantitative estimate of drug-likeness (QED) is 0.738. The van der Waals surface area contributed by atoms with Crippen LogP contribution in [0.3, 0.4) is 0 Å². The number of hydrogen-bond acceptors (Lipinski definition) is 2. The van der Waals surface area contributed by atoms with Gasteiger partial charge in [0, 0.05) is 5.92 Å². The average molecular weight is 197 g/mol. The van der Waals surface area contributed by atoms with Crippen molar-refractivity contribution in [3.63, 3.8) is 0 Å². The third-order valence-electron chi connectivity index (χ3n) is 2.07. The minimum Gasteiger partial charge on any atom is -0.493 e. The highest BCUT2D eigenvalue weighted by Crippen LogP contribution is 2.30. The summed E-state index contributed by atoms with van der Waals surface area (Å²) in [5.74, 6) is 0.893. The van der Waals surface area contributed by atoms with Gasteiger partial charge >= 0.3 is 0 Å². The molecule has 0 saturated heterocycles. The maximum Gasteiger partial charge on any atom is 0.160 e. The van der Waals surface area contributed by atoms with Crippen LogP contribution in [0.15, 0.2) is 18.2 Å². The van der Waals surface area contributed by atoms with Crippen molar-refractivity contribution in [2.75, 3.05) is 20.9 Å². The van der Waals surface area contributed by atoms with Crippen LogP contribution < -0.4 is 9.47 Å². The Morgan fingerprint density at radius 1 is 1.29 bits per heavy atom. The molecule has 0 heterocycles. The Hall–Kier alpha value is -1.25. The zero-order valence-electron chi connectivity index (χ0n) is 8.42. The molecule has 0 aromatic heterocycles. The summed E-state index contributed by atoms with van der Waals surface area (Å²) in [6.07, 6.45) is 0. The van der Waals surface area contributed by atoms with Gasteiger partial charge in [-0.05, 0) is 24.6 Å². The summed E-state index contributed by atoms with van der Waals surface area (Å²) in [6, 6.07) is 5.29. The van der Waals surface area contributed by atoms with E-state index in [2.05, 4.69) is 6.92 Å². The van der Waals surface area contributed by atoms with Gasteiger partial charge in [0.05, 0.1) is 20.9 Å². The second-order valence-electron chi connectivity index (χ2n) is 2.97. The van der Waals surface area contributed by atoms with Gasteiger partial charge in [-0.1, -0.05) is 6.07 Å². The lowest BCUT2D eigenvalue weighted by Crippen LogP contribution is -1.98. The summed E-state index contributed by atoms with van der Waals surface area (Å²) >= 11 is 0. The smallest absolute Gasteiger partial charge is 0.160 e. The molecular formula is C11H14FO2. The Labute approximate surface area is 83.6 Å². The van der Waals surface area contributed by atoms with Crippen LogP contribution in [0.1, 0.15) is 11.5 Å². The topological polar surface area (TPSA) is 18.5 Å². The molecule has 0 aliphatic heterocycles. The third kappa shape index (κ3) is 2.16. The fourth-order valence-corrected chi connectivity index (χ4v) is 1.20. The van der Waals surface area contributed by atoms with E-state index in [-0.39, 0.29) is 5.92 Å². The number of alkyl halides is 1. The first-order chi connectivity index (χ1) is 6.72. The van der Waals surface area contributed by atoms with Crippen LogP contribution in [-0.4, -0.2) is 20.9 Å². The molecule has 77 valence electrons. The lowest BCUT2D eigenvalue weighted by Gasteiger charge is -2.11. The molecule has 1 aromatic carbocycles. The van der Waals surface area contributed by atoms with Crippen LogP contribution in [0, 0.1) is 6.92 Å². The zero-order chi connectivity index (χ0) is 10.6. The van der Waals surface area contributed by atoms with Crippen molar-refractivity contribution in [2.45, 2.75) is 5.92 Å². The van der Waals surface area contributed by atoms with Crippen LogP contribution in [0.5, 0.6) is 11.5 Å². The van der Waals surface area contributed by atoms with Crippen molar-refractivity contribution in [3.05, 3.63) is 30.7 Å². The zero-order valence-corrected chi connectivity index (χ0v) is 8.42.